The zero-order valence-corrected chi connectivity index (χ0v) is 16.4. The Kier molecular flexibility index (Phi) is 7.51. The van der Waals surface area contributed by atoms with Gasteiger partial charge < -0.3 is 21.6 Å². The van der Waals surface area contributed by atoms with Crippen molar-refractivity contribution in [2.75, 3.05) is 10.6 Å². The molecule has 0 saturated carbocycles. The molecule has 0 radical (unpaired) electrons. The van der Waals surface area contributed by atoms with Gasteiger partial charge in [-0.3, -0.25) is 9.59 Å². The third-order valence-electron chi connectivity index (χ3n) is 3.71. The number of aliphatic carboxylic acids is 1. The molecule has 2 aromatic carbocycles. The minimum atomic E-state index is -4.10. The molecule has 11 heteroatoms. The molecular weight excluding hydrogens is 410 g/mol. The van der Waals surface area contributed by atoms with Crippen LogP contribution in [0.25, 0.3) is 0 Å². The van der Waals surface area contributed by atoms with Crippen molar-refractivity contribution in [1.82, 2.24) is 4.72 Å². The molecule has 30 heavy (non-hydrogen) atoms. The first-order valence-corrected chi connectivity index (χ1v) is 9.93. The van der Waals surface area contributed by atoms with Crippen LogP contribution >= 0.6 is 0 Å². The van der Waals surface area contributed by atoms with Crippen molar-refractivity contribution >= 4 is 39.6 Å². The van der Waals surface area contributed by atoms with Crippen molar-refractivity contribution in [3.05, 3.63) is 54.1 Å². The number of hydrazone groups is 1. The minimum absolute atomic E-state index is 0.180. The molecule has 6 N–H and O–H groups in total. The zero-order chi connectivity index (χ0) is 22.1. The van der Waals surface area contributed by atoms with Crippen LogP contribution in [0.5, 0.6) is 0 Å². The summed E-state index contributed by atoms with van der Waals surface area (Å²) >= 11 is 0. The molecule has 1 atom stereocenters. The summed E-state index contributed by atoms with van der Waals surface area (Å²) in [6.45, 7) is 0. The lowest BCUT2D eigenvalue weighted by molar-refractivity contribution is -0.137. The number of benzene rings is 2. The number of sulfonamides is 1. The Morgan fingerprint density at radius 1 is 1.20 bits per heavy atom. The molecule has 0 aliphatic heterocycles. The van der Waals surface area contributed by atoms with Gasteiger partial charge in [-0.15, -0.1) is 6.42 Å². The summed E-state index contributed by atoms with van der Waals surface area (Å²) in [6, 6.07) is 10.7. The number of carbonyl (C=O) groups is 2. The molecular formula is C19H19N5O5S. The number of carboxylic acid groups (broad SMARTS) is 1. The highest BCUT2D eigenvalue weighted by Crippen LogP contribution is 2.18. The molecule has 2 aromatic rings. The Bertz CT molecular complexity index is 1110. The number of nitrogens with zero attached hydrogens (tertiary/aromatic N) is 1. The number of hydrogen-bond donors (Lipinski definition) is 5. The molecule has 0 saturated heterocycles. The second kappa shape index (κ2) is 10.1. The fourth-order valence-electron chi connectivity index (χ4n) is 2.37. The van der Waals surface area contributed by atoms with Crippen molar-refractivity contribution < 1.29 is 23.1 Å². The number of amides is 1. The lowest BCUT2D eigenvalue weighted by atomic mass is 10.2. The van der Waals surface area contributed by atoms with Crippen LogP contribution in [0, 0.1) is 12.3 Å². The smallest absolute Gasteiger partial charge is 0.305 e. The van der Waals surface area contributed by atoms with E-state index < -0.39 is 34.4 Å². The Labute approximate surface area is 173 Å². The summed E-state index contributed by atoms with van der Waals surface area (Å²) in [5.74, 6) is 5.39. The number of carboxylic acids is 1. The van der Waals surface area contributed by atoms with Gasteiger partial charge in [0.2, 0.25) is 10.0 Å². The molecule has 10 nitrogen and oxygen atoms in total. The van der Waals surface area contributed by atoms with Crippen LogP contribution < -0.4 is 21.2 Å². The van der Waals surface area contributed by atoms with Crippen LogP contribution in [-0.4, -0.2) is 37.8 Å². The average molecular weight is 429 g/mol. The van der Waals surface area contributed by atoms with Gasteiger partial charge in [-0.25, -0.2) is 8.42 Å². The van der Waals surface area contributed by atoms with E-state index in [-0.39, 0.29) is 10.6 Å². The Hall–Kier alpha value is -3.88. The molecule has 1 unspecified atom stereocenters. The maximum atomic E-state index is 12.5. The van der Waals surface area contributed by atoms with Gasteiger partial charge in [-0.2, -0.15) is 9.82 Å². The van der Waals surface area contributed by atoms with E-state index in [9.17, 15) is 18.0 Å². The van der Waals surface area contributed by atoms with E-state index in [1.54, 1.807) is 24.3 Å². The summed E-state index contributed by atoms with van der Waals surface area (Å²) in [4.78, 5) is 23.1. The predicted molar refractivity (Wildman–Crippen MR) is 112 cm³/mol. The van der Waals surface area contributed by atoms with Gasteiger partial charge in [0.25, 0.3) is 5.91 Å². The van der Waals surface area contributed by atoms with E-state index in [2.05, 4.69) is 26.4 Å². The lowest BCUT2D eigenvalue weighted by Gasteiger charge is -2.13. The maximum absolute atomic E-state index is 12.5. The maximum Gasteiger partial charge on any atom is 0.305 e. The number of anilines is 2. The molecule has 0 bridgehead atoms. The largest absolute Gasteiger partial charge is 0.481 e. The molecule has 0 aromatic heterocycles. The van der Waals surface area contributed by atoms with E-state index in [1.165, 1.54) is 30.6 Å². The summed E-state index contributed by atoms with van der Waals surface area (Å²) in [5, 5.41) is 17.5. The average Bonchev–Trinajstić information content (AvgIpc) is 2.71. The van der Waals surface area contributed by atoms with E-state index in [0.717, 1.165) is 0 Å². The zero-order valence-electron chi connectivity index (χ0n) is 15.6. The first kappa shape index (κ1) is 22.4. The highest BCUT2D eigenvalue weighted by molar-refractivity contribution is 7.89. The summed E-state index contributed by atoms with van der Waals surface area (Å²) in [5.41, 5.74) is 1.11. The third-order valence-corrected chi connectivity index (χ3v) is 5.18. The Morgan fingerprint density at radius 3 is 2.57 bits per heavy atom. The number of hydrogen-bond acceptors (Lipinski definition) is 6. The van der Waals surface area contributed by atoms with Crippen LogP contribution in [0.2, 0.25) is 0 Å². The number of nitrogens with one attached hydrogen (secondary N) is 3. The monoisotopic (exact) mass is 429 g/mol. The quantitative estimate of drug-likeness (QED) is 0.131. The number of rotatable bonds is 9. The lowest BCUT2D eigenvalue weighted by Crippen LogP contribution is -2.35. The predicted octanol–water partition coefficient (Wildman–Crippen LogP) is 1.01. The van der Waals surface area contributed by atoms with Crippen LogP contribution in [0.4, 0.5) is 11.4 Å². The van der Waals surface area contributed by atoms with Crippen LogP contribution in [0.3, 0.4) is 0 Å². The summed E-state index contributed by atoms with van der Waals surface area (Å²) in [7, 11) is -4.10. The molecule has 0 aliphatic carbocycles. The van der Waals surface area contributed by atoms with Gasteiger partial charge in [0.15, 0.2) is 0 Å². The fraction of sp³-hybridized carbons (Fsp3) is 0.105. The van der Waals surface area contributed by atoms with E-state index in [0.29, 0.717) is 11.3 Å². The highest BCUT2D eigenvalue weighted by Gasteiger charge is 2.21. The van der Waals surface area contributed by atoms with Crippen LogP contribution in [0.15, 0.2) is 58.5 Å². The molecule has 0 spiro atoms. The van der Waals surface area contributed by atoms with Crippen molar-refractivity contribution in [1.29, 1.82) is 0 Å². The standard InChI is InChI=1S/C19H19N5O5S/c1-2-14(11-18(25)26)24-30(28,29)17-8-4-7-16(10-17)23-19(27)13-5-3-6-15(9-13)21-12-22-20/h1,3-10,12,14,24H,11,20H2,(H,21,22)(H,23,27)(H,25,26). The molecule has 0 fully saturated rings. The molecule has 0 aliphatic rings. The molecule has 1 amide bonds. The summed E-state index contributed by atoms with van der Waals surface area (Å²) in [6.07, 6.45) is 5.88. The van der Waals surface area contributed by atoms with Gasteiger partial charge in [0.05, 0.1) is 17.4 Å². The Morgan fingerprint density at radius 2 is 1.90 bits per heavy atom. The van der Waals surface area contributed by atoms with Gasteiger partial charge >= 0.3 is 5.97 Å². The summed E-state index contributed by atoms with van der Waals surface area (Å²) < 4.78 is 27.1. The molecule has 0 heterocycles. The van der Waals surface area contributed by atoms with Crippen LogP contribution in [0.1, 0.15) is 16.8 Å². The minimum Gasteiger partial charge on any atom is -0.481 e. The number of terminal acetylenes is 1. The third kappa shape index (κ3) is 6.33. The molecule has 156 valence electrons. The molecule has 2 rings (SSSR count). The first-order valence-electron chi connectivity index (χ1n) is 8.45. The highest BCUT2D eigenvalue weighted by atomic mass is 32.2. The van der Waals surface area contributed by atoms with E-state index in [1.807, 2.05) is 0 Å². The first-order chi connectivity index (χ1) is 14.2. The van der Waals surface area contributed by atoms with Crippen molar-refractivity contribution in [3.63, 3.8) is 0 Å². The second-order valence-electron chi connectivity index (χ2n) is 5.92. The van der Waals surface area contributed by atoms with Crippen molar-refractivity contribution in [3.8, 4) is 12.3 Å². The van der Waals surface area contributed by atoms with Gasteiger partial charge in [-0.1, -0.05) is 18.1 Å². The number of carbonyl (C=O) groups excluding carboxylic acids is 1. The van der Waals surface area contributed by atoms with Crippen LogP contribution in [-0.2, 0) is 14.8 Å². The Balaban J connectivity index is 2.18. The van der Waals surface area contributed by atoms with E-state index in [4.69, 9.17) is 17.4 Å². The van der Waals surface area contributed by atoms with Crippen molar-refractivity contribution in [2.24, 2.45) is 10.9 Å². The van der Waals surface area contributed by atoms with Gasteiger partial charge in [0, 0.05) is 16.9 Å². The normalized spacial score (nSPS) is 12.1. The SMILES string of the molecule is C#CC(CC(=O)O)NS(=O)(=O)c1cccc(NC(=O)c2cccc(NC=NN)c2)c1. The topological polar surface area (TPSA) is 163 Å². The van der Waals surface area contributed by atoms with E-state index >= 15 is 0 Å². The second-order valence-corrected chi connectivity index (χ2v) is 7.64. The van der Waals surface area contributed by atoms with Gasteiger partial charge in [-0.05, 0) is 36.4 Å². The fourth-order valence-corrected chi connectivity index (χ4v) is 3.57. The number of nitrogens with two attached hydrogens (primary N) is 1. The van der Waals surface area contributed by atoms with Gasteiger partial charge in [0.1, 0.15) is 6.34 Å². The van der Waals surface area contributed by atoms with Crippen molar-refractivity contribution in [2.45, 2.75) is 17.4 Å².